The third kappa shape index (κ3) is 2.81. The van der Waals surface area contributed by atoms with Crippen molar-refractivity contribution in [3.63, 3.8) is 0 Å². The number of hydrogen-bond donors (Lipinski definition) is 2. The Bertz CT molecular complexity index is 541. The van der Waals surface area contributed by atoms with Crippen LogP contribution in [0.1, 0.15) is 60.7 Å². The van der Waals surface area contributed by atoms with E-state index in [0.29, 0.717) is 5.92 Å². The van der Waals surface area contributed by atoms with Gasteiger partial charge in [-0.2, -0.15) is 0 Å². The van der Waals surface area contributed by atoms with Crippen molar-refractivity contribution in [1.29, 1.82) is 0 Å². The van der Waals surface area contributed by atoms with Gasteiger partial charge < -0.3 is 15.7 Å². The van der Waals surface area contributed by atoms with Gasteiger partial charge in [0.1, 0.15) is 0 Å². The summed E-state index contributed by atoms with van der Waals surface area (Å²) in [4.78, 5) is 15.4. The van der Waals surface area contributed by atoms with E-state index in [1.54, 1.807) is 11.3 Å². The quantitative estimate of drug-likeness (QED) is 0.839. The van der Waals surface area contributed by atoms with Gasteiger partial charge in [0, 0.05) is 24.6 Å². The van der Waals surface area contributed by atoms with Crippen LogP contribution >= 0.6 is 11.3 Å². The largest absolute Gasteiger partial charge is 0.397 e. The third-order valence-corrected chi connectivity index (χ3v) is 5.75. The van der Waals surface area contributed by atoms with Crippen molar-refractivity contribution in [2.24, 2.45) is 5.92 Å². The number of aliphatic hydroxyl groups is 1. The predicted octanol–water partition coefficient (Wildman–Crippen LogP) is 3.01. The van der Waals surface area contributed by atoms with Crippen LogP contribution in [0.15, 0.2) is 0 Å². The first-order chi connectivity index (χ1) is 9.99. The Labute approximate surface area is 129 Å². The number of nitrogen functional groups attached to an aromatic ring is 1. The van der Waals surface area contributed by atoms with Crippen molar-refractivity contribution in [2.45, 2.75) is 51.6 Å². The topological polar surface area (TPSA) is 66.6 Å². The van der Waals surface area contributed by atoms with E-state index >= 15 is 0 Å². The molecule has 1 aromatic rings. The molecular formula is C16H24N2O2S. The number of ketones is 1. The van der Waals surface area contributed by atoms with Gasteiger partial charge in [0.15, 0.2) is 5.78 Å². The van der Waals surface area contributed by atoms with Crippen LogP contribution in [0, 0.1) is 5.92 Å². The molecule has 2 aliphatic rings. The molecule has 0 bridgehead atoms. The molecule has 0 amide bonds. The van der Waals surface area contributed by atoms with Gasteiger partial charge in [-0.3, -0.25) is 4.79 Å². The lowest BCUT2D eigenvalue weighted by molar-refractivity contribution is 0.0944. The molecule has 1 aromatic heterocycles. The fourth-order valence-corrected chi connectivity index (χ4v) is 4.41. The molecule has 0 atom stereocenters. The second-order valence-electron chi connectivity index (χ2n) is 6.58. The van der Waals surface area contributed by atoms with E-state index in [1.807, 2.05) is 13.8 Å². The average Bonchev–Trinajstić information content (AvgIpc) is 3.22. The monoisotopic (exact) mass is 308 g/mol. The van der Waals surface area contributed by atoms with E-state index in [9.17, 15) is 9.90 Å². The number of thiophene rings is 1. The minimum absolute atomic E-state index is 0.0194. The molecule has 0 unspecified atom stereocenters. The fourth-order valence-electron chi connectivity index (χ4n) is 2.96. The Kier molecular flexibility index (Phi) is 3.97. The number of carbonyl (C=O) groups excluding carboxylic acids is 1. The lowest BCUT2D eigenvalue weighted by atomic mass is 10.0. The minimum atomic E-state index is -0.181. The number of nitrogens with zero attached hydrogens (tertiary/aromatic N) is 1. The van der Waals surface area contributed by atoms with Gasteiger partial charge in [-0.05, 0) is 31.6 Å². The van der Waals surface area contributed by atoms with Gasteiger partial charge >= 0.3 is 0 Å². The first kappa shape index (κ1) is 14.9. The standard InChI is InChI=1S/C16H24N2O2S/c1-9(2)14(20)15-13(17)12(10-3-4-10)16(21-15)18-7-5-11(19)6-8-18/h9-11,19H,3-8,17H2,1-2H3. The summed E-state index contributed by atoms with van der Waals surface area (Å²) in [6.07, 6.45) is 3.78. The number of nitrogens with two attached hydrogens (primary N) is 1. The fraction of sp³-hybridized carbons (Fsp3) is 0.688. The van der Waals surface area contributed by atoms with Crippen LogP contribution in [0.5, 0.6) is 0 Å². The Morgan fingerprint density at radius 2 is 1.90 bits per heavy atom. The molecule has 3 rings (SSSR count). The van der Waals surface area contributed by atoms with E-state index in [0.717, 1.165) is 36.5 Å². The molecule has 1 aliphatic heterocycles. The second-order valence-corrected chi connectivity index (χ2v) is 7.57. The lowest BCUT2D eigenvalue weighted by Crippen LogP contribution is -2.35. The van der Waals surface area contributed by atoms with E-state index in [1.165, 1.54) is 23.4 Å². The summed E-state index contributed by atoms with van der Waals surface area (Å²) in [6, 6.07) is 0. The van der Waals surface area contributed by atoms with Crippen LogP contribution in [-0.4, -0.2) is 30.1 Å². The summed E-state index contributed by atoms with van der Waals surface area (Å²) >= 11 is 1.57. The molecule has 1 saturated heterocycles. The molecule has 2 fully saturated rings. The molecule has 4 nitrogen and oxygen atoms in total. The first-order valence-corrected chi connectivity index (χ1v) is 8.70. The maximum absolute atomic E-state index is 12.4. The molecule has 0 radical (unpaired) electrons. The summed E-state index contributed by atoms with van der Waals surface area (Å²) in [5, 5.41) is 10.9. The van der Waals surface area contributed by atoms with Crippen LogP contribution in [0.25, 0.3) is 0 Å². The number of carbonyl (C=O) groups is 1. The van der Waals surface area contributed by atoms with E-state index in [2.05, 4.69) is 4.90 Å². The minimum Gasteiger partial charge on any atom is -0.397 e. The van der Waals surface area contributed by atoms with Gasteiger partial charge in [-0.25, -0.2) is 0 Å². The average molecular weight is 308 g/mol. The van der Waals surface area contributed by atoms with Gasteiger partial charge in [-0.1, -0.05) is 13.8 Å². The number of anilines is 2. The molecular weight excluding hydrogens is 284 g/mol. The van der Waals surface area contributed by atoms with Crippen molar-refractivity contribution < 1.29 is 9.90 Å². The predicted molar refractivity (Wildman–Crippen MR) is 87.3 cm³/mol. The number of Topliss-reactive ketones (excluding diaryl/α,β-unsaturated/α-hetero) is 1. The van der Waals surface area contributed by atoms with E-state index in [-0.39, 0.29) is 17.8 Å². The van der Waals surface area contributed by atoms with E-state index < -0.39 is 0 Å². The molecule has 116 valence electrons. The van der Waals surface area contributed by atoms with Gasteiger partial charge in [0.05, 0.1) is 21.7 Å². The van der Waals surface area contributed by atoms with Crippen LogP contribution in [0.3, 0.4) is 0 Å². The van der Waals surface area contributed by atoms with Crippen molar-refractivity contribution in [2.75, 3.05) is 23.7 Å². The van der Waals surface area contributed by atoms with Crippen LogP contribution in [0.2, 0.25) is 0 Å². The first-order valence-electron chi connectivity index (χ1n) is 7.88. The van der Waals surface area contributed by atoms with Crippen molar-refractivity contribution in [3.05, 3.63) is 10.4 Å². The molecule has 0 aromatic carbocycles. The zero-order valence-electron chi connectivity index (χ0n) is 12.8. The maximum atomic E-state index is 12.4. The summed E-state index contributed by atoms with van der Waals surface area (Å²) in [7, 11) is 0. The van der Waals surface area contributed by atoms with Crippen molar-refractivity contribution >= 4 is 27.8 Å². The molecule has 5 heteroatoms. The Hall–Kier alpha value is -1.07. The Morgan fingerprint density at radius 1 is 1.29 bits per heavy atom. The molecule has 21 heavy (non-hydrogen) atoms. The van der Waals surface area contributed by atoms with Crippen molar-refractivity contribution in [1.82, 2.24) is 0 Å². The van der Waals surface area contributed by atoms with Gasteiger partial charge in [0.25, 0.3) is 0 Å². The molecule has 3 N–H and O–H groups in total. The number of aliphatic hydroxyl groups excluding tert-OH is 1. The van der Waals surface area contributed by atoms with Crippen LogP contribution < -0.4 is 10.6 Å². The van der Waals surface area contributed by atoms with Gasteiger partial charge in [-0.15, -0.1) is 11.3 Å². The second kappa shape index (κ2) is 5.61. The zero-order valence-corrected chi connectivity index (χ0v) is 13.6. The molecule has 2 heterocycles. The maximum Gasteiger partial charge on any atom is 0.177 e. The Morgan fingerprint density at radius 3 is 2.43 bits per heavy atom. The highest BCUT2D eigenvalue weighted by atomic mass is 32.1. The van der Waals surface area contributed by atoms with Gasteiger partial charge in [0.2, 0.25) is 0 Å². The third-order valence-electron chi connectivity index (χ3n) is 4.45. The summed E-state index contributed by atoms with van der Waals surface area (Å²) < 4.78 is 0. The molecule has 0 spiro atoms. The SMILES string of the molecule is CC(C)C(=O)c1sc(N2CCC(O)CC2)c(C2CC2)c1N. The lowest BCUT2D eigenvalue weighted by Gasteiger charge is -2.31. The molecule has 1 saturated carbocycles. The normalized spacial score (nSPS) is 20.3. The number of rotatable bonds is 4. The number of piperidine rings is 1. The number of hydrogen-bond acceptors (Lipinski definition) is 5. The van der Waals surface area contributed by atoms with Crippen molar-refractivity contribution in [3.8, 4) is 0 Å². The van der Waals surface area contributed by atoms with Crippen LogP contribution in [-0.2, 0) is 0 Å². The zero-order chi connectivity index (χ0) is 15.1. The summed E-state index contributed by atoms with van der Waals surface area (Å²) in [6.45, 7) is 5.57. The molecule has 1 aliphatic carbocycles. The summed E-state index contributed by atoms with van der Waals surface area (Å²) in [5.41, 5.74) is 8.26. The highest BCUT2D eigenvalue weighted by Crippen LogP contribution is 2.52. The van der Waals surface area contributed by atoms with Crippen LogP contribution in [0.4, 0.5) is 10.7 Å². The highest BCUT2D eigenvalue weighted by molar-refractivity contribution is 7.19. The smallest absolute Gasteiger partial charge is 0.177 e. The Balaban J connectivity index is 1.95. The summed E-state index contributed by atoms with van der Waals surface area (Å²) in [5.74, 6) is 0.675. The van der Waals surface area contributed by atoms with E-state index in [4.69, 9.17) is 5.73 Å². The highest BCUT2D eigenvalue weighted by Gasteiger charge is 2.35.